The van der Waals surface area contributed by atoms with Crippen molar-refractivity contribution < 1.29 is 27.4 Å². The molecule has 0 bridgehead atoms. The van der Waals surface area contributed by atoms with Gasteiger partial charge in [-0.3, -0.25) is 0 Å². The molecule has 0 radical (unpaired) electrons. The molecule has 0 saturated carbocycles. The zero-order valence-electron chi connectivity index (χ0n) is 16.7. The molecular weight excluding hydrogens is 394 g/mol. The molecule has 156 valence electrons. The minimum absolute atomic E-state index is 0.0579. The number of hydrogen-bond donors (Lipinski definition) is 1. The van der Waals surface area contributed by atoms with E-state index in [4.69, 9.17) is 14.2 Å². The molecule has 1 N–H and O–H groups in total. The highest BCUT2D eigenvalue weighted by atomic mass is 32.2. The van der Waals surface area contributed by atoms with Crippen molar-refractivity contribution in [3.05, 3.63) is 53.1 Å². The molecule has 0 fully saturated rings. The molecule has 2 aromatic rings. The number of carbonyl (C=O) groups is 1. The number of carbonyl (C=O) groups excluding carboxylic acids is 1. The lowest BCUT2D eigenvalue weighted by molar-refractivity contribution is 0.0526. The van der Waals surface area contributed by atoms with E-state index in [0.717, 1.165) is 17.7 Å². The molecule has 0 aromatic heterocycles. The maximum absolute atomic E-state index is 12.7. The number of hydrogen-bond acceptors (Lipinski definition) is 6. The van der Waals surface area contributed by atoms with Crippen LogP contribution in [0.2, 0.25) is 0 Å². The molecule has 1 aliphatic heterocycles. The fourth-order valence-electron chi connectivity index (χ4n) is 3.15. The van der Waals surface area contributed by atoms with E-state index in [1.165, 1.54) is 24.3 Å². The summed E-state index contributed by atoms with van der Waals surface area (Å²) in [5, 5.41) is 0. The van der Waals surface area contributed by atoms with E-state index < -0.39 is 16.0 Å². The topological polar surface area (TPSA) is 90.9 Å². The maximum Gasteiger partial charge on any atom is 0.338 e. The lowest BCUT2D eigenvalue weighted by Gasteiger charge is -2.14. The minimum Gasteiger partial charge on any atom is -0.494 e. The zero-order valence-corrected chi connectivity index (χ0v) is 17.5. The average Bonchev–Trinajstić information content (AvgIpc) is 3.05. The third-order valence-electron chi connectivity index (χ3n) is 4.51. The summed E-state index contributed by atoms with van der Waals surface area (Å²) in [6.45, 7) is 6.37. The number of rotatable bonds is 8. The van der Waals surface area contributed by atoms with Crippen LogP contribution < -0.4 is 14.2 Å². The SMILES string of the molecule is CCOC(=O)c1ccc(S(=O)(=O)NCc2cc3c(cc2OCC)C[C@H](C)O3)cc1. The maximum atomic E-state index is 12.7. The van der Waals surface area contributed by atoms with Crippen LogP contribution in [0.3, 0.4) is 0 Å². The summed E-state index contributed by atoms with van der Waals surface area (Å²) >= 11 is 0. The van der Waals surface area contributed by atoms with Gasteiger partial charge in [-0.2, -0.15) is 0 Å². The minimum atomic E-state index is -3.77. The Morgan fingerprint density at radius 2 is 1.90 bits per heavy atom. The van der Waals surface area contributed by atoms with Crippen molar-refractivity contribution in [3.8, 4) is 11.5 Å². The van der Waals surface area contributed by atoms with Crippen LogP contribution in [0.5, 0.6) is 11.5 Å². The molecule has 7 nitrogen and oxygen atoms in total. The summed E-state index contributed by atoms with van der Waals surface area (Å²) in [4.78, 5) is 11.8. The van der Waals surface area contributed by atoms with Gasteiger partial charge in [-0.15, -0.1) is 0 Å². The van der Waals surface area contributed by atoms with Crippen molar-refractivity contribution in [2.45, 2.75) is 44.7 Å². The highest BCUT2D eigenvalue weighted by Gasteiger charge is 2.23. The van der Waals surface area contributed by atoms with Gasteiger partial charge in [-0.05, 0) is 57.2 Å². The summed E-state index contributed by atoms with van der Waals surface area (Å²) in [5.74, 6) is 0.913. The molecule has 29 heavy (non-hydrogen) atoms. The van der Waals surface area contributed by atoms with E-state index in [0.29, 0.717) is 23.5 Å². The average molecular weight is 419 g/mol. The molecule has 1 heterocycles. The monoisotopic (exact) mass is 419 g/mol. The van der Waals surface area contributed by atoms with Crippen molar-refractivity contribution in [1.29, 1.82) is 0 Å². The Balaban J connectivity index is 1.76. The normalized spacial score (nSPS) is 15.5. The fraction of sp³-hybridized carbons (Fsp3) is 0.381. The molecule has 2 aromatic carbocycles. The molecule has 0 unspecified atom stereocenters. The molecule has 8 heteroatoms. The van der Waals surface area contributed by atoms with Gasteiger partial charge in [-0.1, -0.05) is 0 Å². The second-order valence-electron chi connectivity index (χ2n) is 6.70. The van der Waals surface area contributed by atoms with Crippen LogP contribution in [0.4, 0.5) is 0 Å². The lowest BCUT2D eigenvalue weighted by atomic mass is 10.1. The molecule has 1 atom stereocenters. The standard InChI is InChI=1S/C21H25NO6S/c1-4-26-19-11-16-10-14(3)28-20(16)12-17(19)13-22-29(24,25)18-8-6-15(7-9-18)21(23)27-5-2/h6-9,11-12,14,22H,4-5,10,13H2,1-3H3/t14-/m0/s1. The Morgan fingerprint density at radius 1 is 1.17 bits per heavy atom. The second kappa shape index (κ2) is 8.84. The Hall–Kier alpha value is -2.58. The Morgan fingerprint density at radius 3 is 2.55 bits per heavy atom. The van der Waals surface area contributed by atoms with Gasteiger partial charge in [0.2, 0.25) is 10.0 Å². The van der Waals surface area contributed by atoms with E-state index in [-0.39, 0.29) is 24.2 Å². The van der Waals surface area contributed by atoms with Gasteiger partial charge in [0, 0.05) is 24.1 Å². The number of benzene rings is 2. The molecule has 0 saturated heterocycles. The van der Waals surface area contributed by atoms with Gasteiger partial charge in [0.1, 0.15) is 17.6 Å². The highest BCUT2D eigenvalue weighted by Crippen LogP contribution is 2.35. The van der Waals surface area contributed by atoms with Gasteiger partial charge in [0.25, 0.3) is 0 Å². The number of sulfonamides is 1. The van der Waals surface area contributed by atoms with Gasteiger partial charge in [-0.25, -0.2) is 17.9 Å². The van der Waals surface area contributed by atoms with Crippen LogP contribution in [0.1, 0.15) is 42.3 Å². The van der Waals surface area contributed by atoms with Gasteiger partial charge in [0.15, 0.2) is 0 Å². The van der Waals surface area contributed by atoms with Crippen molar-refractivity contribution >= 4 is 16.0 Å². The quantitative estimate of drug-likeness (QED) is 0.662. The van der Waals surface area contributed by atoms with Crippen molar-refractivity contribution in [2.24, 2.45) is 0 Å². The molecule has 1 aliphatic rings. The fourth-order valence-corrected chi connectivity index (χ4v) is 4.16. The van der Waals surface area contributed by atoms with E-state index in [9.17, 15) is 13.2 Å². The van der Waals surface area contributed by atoms with Crippen molar-refractivity contribution in [2.75, 3.05) is 13.2 Å². The number of ether oxygens (including phenoxy) is 3. The number of nitrogens with one attached hydrogen (secondary N) is 1. The summed E-state index contributed by atoms with van der Waals surface area (Å²) in [5.41, 5.74) is 2.06. The molecule has 0 amide bonds. The third kappa shape index (κ3) is 4.89. The Labute approximate surface area is 171 Å². The summed E-state index contributed by atoms with van der Waals surface area (Å²) < 4.78 is 44.3. The van der Waals surface area contributed by atoms with Crippen LogP contribution in [-0.2, 0) is 27.7 Å². The van der Waals surface area contributed by atoms with E-state index in [2.05, 4.69) is 4.72 Å². The molecular formula is C21H25NO6S. The molecule has 0 aliphatic carbocycles. The first-order valence-electron chi connectivity index (χ1n) is 9.56. The predicted molar refractivity (Wildman–Crippen MR) is 108 cm³/mol. The largest absolute Gasteiger partial charge is 0.494 e. The third-order valence-corrected chi connectivity index (χ3v) is 5.92. The lowest BCUT2D eigenvalue weighted by Crippen LogP contribution is -2.23. The van der Waals surface area contributed by atoms with Crippen molar-refractivity contribution in [1.82, 2.24) is 4.72 Å². The van der Waals surface area contributed by atoms with Crippen LogP contribution in [0.15, 0.2) is 41.3 Å². The zero-order chi connectivity index (χ0) is 21.0. The molecule has 3 rings (SSSR count). The second-order valence-corrected chi connectivity index (χ2v) is 8.47. The van der Waals surface area contributed by atoms with Gasteiger partial charge in [0.05, 0.1) is 23.7 Å². The van der Waals surface area contributed by atoms with Crippen molar-refractivity contribution in [3.63, 3.8) is 0 Å². The van der Waals surface area contributed by atoms with E-state index in [1.807, 2.05) is 26.0 Å². The predicted octanol–water partition coefficient (Wildman–Crippen LogP) is 3.06. The van der Waals surface area contributed by atoms with Gasteiger partial charge < -0.3 is 14.2 Å². The molecule has 0 spiro atoms. The van der Waals surface area contributed by atoms with Gasteiger partial charge >= 0.3 is 5.97 Å². The van der Waals surface area contributed by atoms with Crippen LogP contribution in [0, 0.1) is 0 Å². The summed E-state index contributed by atoms with van der Waals surface area (Å²) in [6, 6.07) is 9.37. The van der Waals surface area contributed by atoms with Crippen LogP contribution in [-0.4, -0.2) is 33.7 Å². The smallest absolute Gasteiger partial charge is 0.338 e. The van der Waals surface area contributed by atoms with Crippen LogP contribution >= 0.6 is 0 Å². The van der Waals surface area contributed by atoms with E-state index >= 15 is 0 Å². The Kier molecular flexibility index (Phi) is 6.44. The number of esters is 1. The first-order valence-corrected chi connectivity index (χ1v) is 11.0. The van der Waals surface area contributed by atoms with E-state index in [1.54, 1.807) is 6.92 Å². The number of fused-ring (bicyclic) bond motifs is 1. The van der Waals surface area contributed by atoms with Crippen LogP contribution in [0.25, 0.3) is 0 Å². The first-order chi connectivity index (χ1) is 13.8. The highest BCUT2D eigenvalue weighted by molar-refractivity contribution is 7.89. The Bertz CT molecular complexity index is 985. The summed E-state index contributed by atoms with van der Waals surface area (Å²) in [6.07, 6.45) is 0.887. The summed E-state index contributed by atoms with van der Waals surface area (Å²) in [7, 11) is -3.77. The first kappa shape index (κ1) is 21.1.